The third-order valence-corrected chi connectivity index (χ3v) is 3.22. The molecule has 0 saturated carbocycles. The standard InChI is InChI=1S/C10H12N5O5/c11-10-13-7-4(8(19)14-10)12-2-15(7)9-6(18)5(17)3(1-16)20-9/h2-3,5-6,9,11,16-18H,1H2,(H,13,14,19)/t3-,5-,6-,9-/m1/s1. The summed E-state index contributed by atoms with van der Waals surface area (Å²) in [6.07, 6.45) is -3.32. The monoisotopic (exact) mass is 282 g/mol. The van der Waals surface area contributed by atoms with Crippen molar-refractivity contribution >= 4 is 17.1 Å². The lowest BCUT2D eigenvalue weighted by molar-refractivity contribution is -0.0511. The van der Waals surface area contributed by atoms with Gasteiger partial charge in [0.05, 0.1) is 12.9 Å². The second-order valence-corrected chi connectivity index (χ2v) is 4.47. The smallest absolute Gasteiger partial charge is 0.280 e. The minimum atomic E-state index is -1.31. The number of ether oxygens (including phenoxy) is 1. The summed E-state index contributed by atoms with van der Waals surface area (Å²) in [6.45, 7) is -0.459. The summed E-state index contributed by atoms with van der Waals surface area (Å²) in [4.78, 5) is 21.5. The van der Waals surface area contributed by atoms with Crippen molar-refractivity contribution in [2.45, 2.75) is 24.5 Å². The third-order valence-electron chi connectivity index (χ3n) is 3.22. The van der Waals surface area contributed by atoms with Gasteiger partial charge in [0.15, 0.2) is 17.4 Å². The maximum atomic E-state index is 11.6. The van der Waals surface area contributed by atoms with Crippen molar-refractivity contribution in [2.24, 2.45) is 0 Å². The van der Waals surface area contributed by atoms with Crippen LogP contribution in [0.15, 0.2) is 11.1 Å². The van der Waals surface area contributed by atoms with Gasteiger partial charge < -0.3 is 20.1 Å². The number of nitrogens with zero attached hydrogens (tertiary/aromatic N) is 3. The molecule has 10 heteroatoms. The van der Waals surface area contributed by atoms with Gasteiger partial charge in [0, 0.05) is 0 Å². The van der Waals surface area contributed by atoms with Gasteiger partial charge in [-0.2, -0.15) is 4.98 Å². The van der Waals surface area contributed by atoms with Crippen LogP contribution in [0.4, 0.5) is 5.95 Å². The summed E-state index contributed by atoms with van der Waals surface area (Å²) in [7, 11) is 0. The molecule has 1 fully saturated rings. The topological polar surface area (TPSA) is 157 Å². The molecule has 10 nitrogen and oxygen atoms in total. The van der Waals surface area contributed by atoms with E-state index >= 15 is 0 Å². The number of hydrogen-bond acceptors (Lipinski definition) is 7. The molecule has 0 amide bonds. The van der Waals surface area contributed by atoms with Crippen LogP contribution in [0.25, 0.3) is 11.2 Å². The Morgan fingerprint density at radius 2 is 2.20 bits per heavy atom. The van der Waals surface area contributed by atoms with Gasteiger partial charge in [0.25, 0.3) is 5.56 Å². The summed E-state index contributed by atoms with van der Waals surface area (Å²) < 4.78 is 6.58. The number of aliphatic hydroxyl groups excluding tert-OH is 3. The largest absolute Gasteiger partial charge is 0.394 e. The molecule has 107 valence electrons. The van der Waals surface area contributed by atoms with Crippen LogP contribution in [-0.2, 0) is 4.74 Å². The van der Waals surface area contributed by atoms with E-state index in [0.717, 1.165) is 0 Å². The van der Waals surface area contributed by atoms with Crippen molar-refractivity contribution in [3.63, 3.8) is 0 Å². The number of nitrogens with one attached hydrogen (secondary N) is 2. The first-order valence-electron chi connectivity index (χ1n) is 5.84. The molecule has 2 aromatic heterocycles. The van der Waals surface area contributed by atoms with Crippen LogP contribution < -0.4 is 11.3 Å². The Bertz CT molecular complexity index is 697. The van der Waals surface area contributed by atoms with Gasteiger partial charge in [-0.1, -0.05) is 0 Å². The van der Waals surface area contributed by atoms with E-state index in [2.05, 4.69) is 15.0 Å². The molecule has 0 bridgehead atoms. The number of fused-ring (bicyclic) bond motifs is 1. The Kier molecular flexibility index (Phi) is 2.94. The van der Waals surface area contributed by atoms with Gasteiger partial charge in [0.2, 0.25) is 5.95 Å². The van der Waals surface area contributed by atoms with E-state index in [-0.39, 0.29) is 17.1 Å². The molecule has 2 aromatic rings. The average molecular weight is 282 g/mol. The predicted molar refractivity (Wildman–Crippen MR) is 63.9 cm³/mol. The molecule has 1 saturated heterocycles. The highest BCUT2D eigenvalue weighted by Crippen LogP contribution is 2.30. The van der Waals surface area contributed by atoms with Crippen molar-refractivity contribution in [1.82, 2.24) is 25.3 Å². The van der Waals surface area contributed by atoms with Crippen LogP contribution in [0.2, 0.25) is 0 Å². The third kappa shape index (κ3) is 1.78. The van der Waals surface area contributed by atoms with Crippen molar-refractivity contribution in [1.29, 1.82) is 0 Å². The zero-order chi connectivity index (χ0) is 14.4. The van der Waals surface area contributed by atoms with E-state index in [1.54, 1.807) is 0 Å². The lowest BCUT2D eigenvalue weighted by Gasteiger charge is -2.16. The molecule has 0 aromatic carbocycles. The number of imidazole rings is 1. The first-order chi connectivity index (χ1) is 9.52. The number of rotatable bonds is 2. The molecule has 4 atom stereocenters. The second-order valence-electron chi connectivity index (χ2n) is 4.47. The molecule has 1 radical (unpaired) electrons. The fourth-order valence-corrected chi connectivity index (χ4v) is 2.22. The van der Waals surface area contributed by atoms with Crippen molar-refractivity contribution < 1.29 is 20.1 Å². The fraction of sp³-hybridized carbons (Fsp3) is 0.500. The van der Waals surface area contributed by atoms with Crippen molar-refractivity contribution in [3.8, 4) is 0 Å². The highest BCUT2D eigenvalue weighted by atomic mass is 16.6. The normalized spacial score (nSPS) is 30.1. The highest BCUT2D eigenvalue weighted by Gasteiger charge is 2.44. The molecular formula is C10H12N5O5. The molecular weight excluding hydrogens is 270 g/mol. The zero-order valence-electron chi connectivity index (χ0n) is 10.1. The van der Waals surface area contributed by atoms with E-state index in [9.17, 15) is 15.0 Å². The van der Waals surface area contributed by atoms with Gasteiger partial charge in [-0.05, 0) is 0 Å². The summed E-state index contributed by atoms with van der Waals surface area (Å²) >= 11 is 0. The number of hydrogen-bond donors (Lipinski definition) is 4. The predicted octanol–water partition coefficient (Wildman–Crippen LogP) is -2.35. The fourth-order valence-electron chi connectivity index (χ4n) is 2.22. The van der Waals surface area contributed by atoms with Gasteiger partial charge in [-0.25, -0.2) is 4.98 Å². The quantitative estimate of drug-likeness (QED) is 0.480. The summed E-state index contributed by atoms with van der Waals surface area (Å²) in [6, 6.07) is 0. The molecule has 3 rings (SSSR count). The Hall–Kier alpha value is -2.01. The summed E-state index contributed by atoms with van der Waals surface area (Å²) in [5.41, 5.74) is 6.87. The van der Waals surface area contributed by atoms with E-state index in [4.69, 9.17) is 15.6 Å². The minimum Gasteiger partial charge on any atom is -0.394 e. The van der Waals surface area contributed by atoms with Crippen LogP contribution in [0.5, 0.6) is 0 Å². The Balaban J connectivity index is 2.09. The van der Waals surface area contributed by atoms with Gasteiger partial charge in [-0.3, -0.25) is 20.1 Å². The SMILES string of the molecule is [NH]c1nc2c(ncn2[C@@H]2O[C@H](CO)[C@@H](O)[C@H]2O)c(=O)[nH]1. The van der Waals surface area contributed by atoms with E-state index in [1.165, 1.54) is 10.9 Å². The van der Waals surface area contributed by atoms with Crippen LogP contribution >= 0.6 is 0 Å². The number of H-pyrrole nitrogens is 1. The lowest BCUT2D eigenvalue weighted by atomic mass is 10.1. The van der Waals surface area contributed by atoms with Gasteiger partial charge in [0.1, 0.15) is 18.3 Å². The van der Waals surface area contributed by atoms with Crippen LogP contribution in [0.1, 0.15) is 6.23 Å². The average Bonchev–Trinajstić information content (AvgIpc) is 2.93. The molecule has 0 aliphatic carbocycles. The molecule has 0 unspecified atom stereocenters. The summed E-state index contributed by atoms with van der Waals surface area (Å²) in [5, 5.41) is 28.7. The molecule has 5 N–H and O–H groups in total. The second kappa shape index (κ2) is 4.52. The molecule has 1 aliphatic heterocycles. The first-order valence-corrected chi connectivity index (χ1v) is 5.84. The Morgan fingerprint density at radius 1 is 1.45 bits per heavy atom. The molecule has 0 spiro atoms. The maximum absolute atomic E-state index is 11.6. The number of aliphatic hydroxyl groups is 3. The lowest BCUT2D eigenvalue weighted by Crippen LogP contribution is -2.33. The first kappa shape index (κ1) is 13.0. The number of aromatic nitrogens is 4. The van der Waals surface area contributed by atoms with Gasteiger partial charge in [-0.15, -0.1) is 0 Å². The molecule has 20 heavy (non-hydrogen) atoms. The maximum Gasteiger partial charge on any atom is 0.280 e. The van der Waals surface area contributed by atoms with Crippen molar-refractivity contribution in [3.05, 3.63) is 16.7 Å². The zero-order valence-corrected chi connectivity index (χ0v) is 10.1. The minimum absolute atomic E-state index is 0.00117. The Labute approximate surface area is 111 Å². The van der Waals surface area contributed by atoms with E-state index in [1.807, 2.05) is 0 Å². The molecule has 3 heterocycles. The van der Waals surface area contributed by atoms with Crippen LogP contribution in [-0.4, -0.2) is 59.8 Å². The van der Waals surface area contributed by atoms with Crippen LogP contribution in [0, 0.1) is 0 Å². The van der Waals surface area contributed by atoms with Crippen LogP contribution in [0.3, 0.4) is 0 Å². The van der Waals surface area contributed by atoms with Crippen molar-refractivity contribution in [2.75, 3.05) is 6.61 Å². The number of aromatic amines is 1. The molecule has 1 aliphatic rings. The van der Waals surface area contributed by atoms with Gasteiger partial charge >= 0.3 is 0 Å². The highest BCUT2D eigenvalue weighted by molar-refractivity contribution is 5.70. The Morgan fingerprint density at radius 3 is 2.85 bits per heavy atom. The van der Waals surface area contributed by atoms with E-state index < -0.39 is 36.7 Å². The van der Waals surface area contributed by atoms with E-state index in [0.29, 0.717) is 0 Å². The summed E-state index contributed by atoms with van der Waals surface area (Å²) in [5.74, 6) is -0.351.